The Balaban J connectivity index is 3.89. The molecule has 1 atom stereocenters. The van der Waals surface area contributed by atoms with E-state index < -0.39 is 17.6 Å². The third-order valence-electron chi connectivity index (χ3n) is 2.30. The lowest BCUT2D eigenvalue weighted by atomic mass is 9.97. The summed E-state index contributed by atoms with van der Waals surface area (Å²) in [5.41, 5.74) is 4.53. The summed E-state index contributed by atoms with van der Waals surface area (Å²) in [5, 5.41) is 10.6. The van der Waals surface area contributed by atoms with Crippen LogP contribution in [0.2, 0.25) is 0 Å². The molecule has 1 unspecified atom stereocenters. The zero-order chi connectivity index (χ0) is 12.1. The second-order valence-corrected chi connectivity index (χ2v) is 4.09. The first-order chi connectivity index (χ1) is 6.81. The number of hydrogen-bond donors (Lipinski definition) is 1. The van der Waals surface area contributed by atoms with Crippen LogP contribution in [-0.4, -0.2) is 29.6 Å². The van der Waals surface area contributed by atoms with Crippen LogP contribution in [0.15, 0.2) is 0 Å². The van der Waals surface area contributed by atoms with Gasteiger partial charge in [0.25, 0.3) is 0 Å². The number of nitrogens with two attached hydrogens (primary N) is 1. The highest BCUT2D eigenvalue weighted by molar-refractivity contribution is 5.75. The van der Waals surface area contributed by atoms with Crippen molar-refractivity contribution >= 4 is 5.97 Å². The van der Waals surface area contributed by atoms with E-state index in [0.717, 1.165) is 0 Å². The highest BCUT2D eigenvalue weighted by atomic mass is 16.6. The van der Waals surface area contributed by atoms with Gasteiger partial charge in [-0.3, -0.25) is 14.9 Å². The number of nitro groups is 1. The number of ether oxygens (including phenoxy) is 1. The molecule has 88 valence electrons. The van der Waals surface area contributed by atoms with E-state index in [0.29, 0.717) is 19.3 Å². The first kappa shape index (κ1) is 13.8. The fraction of sp³-hybridized carbons (Fsp3) is 0.889. The molecule has 0 aliphatic rings. The second kappa shape index (κ2) is 5.65. The van der Waals surface area contributed by atoms with Crippen LogP contribution in [0.5, 0.6) is 0 Å². The third-order valence-corrected chi connectivity index (χ3v) is 2.30. The Bertz CT molecular complexity index is 240. The molecular weight excluding hydrogens is 200 g/mol. The molecule has 0 aromatic rings. The summed E-state index contributed by atoms with van der Waals surface area (Å²) in [6, 6.07) is -0.683. The van der Waals surface area contributed by atoms with E-state index in [1.54, 1.807) is 13.8 Å². The van der Waals surface area contributed by atoms with Crippen molar-refractivity contribution in [3.05, 3.63) is 10.1 Å². The molecule has 0 aliphatic heterocycles. The normalized spacial score (nSPS) is 13.3. The Labute approximate surface area is 88.9 Å². The molecule has 6 heteroatoms. The van der Waals surface area contributed by atoms with Gasteiger partial charge in [-0.05, 0) is 12.8 Å². The Hall–Kier alpha value is -1.17. The summed E-state index contributed by atoms with van der Waals surface area (Å²) < 4.78 is 4.44. The van der Waals surface area contributed by atoms with Crippen LogP contribution < -0.4 is 5.73 Å². The van der Waals surface area contributed by atoms with E-state index in [4.69, 9.17) is 5.73 Å². The molecule has 0 bridgehead atoms. The van der Waals surface area contributed by atoms with Gasteiger partial charge in [0.1, 0.15) is 6.04 Å². The molecular formula is C9H18N2O4. The molecule has 0 radical (unpaired) electrons. The van der Waals surface area contributed by atoms with Crippen molar-refractivity contribution in [3.63, 3.8) is 0 Å². The maximum atomic E-state index is 10.9. The molecule has 0 heterocycles. The van der Waals surface area contributed by atoms with Gasteiger partial charge in [0.2, 0.25) is 5.54 Å². The predicted molar refractivity (Wildman–Crippen MR) is 54.9 cm³/mol. The first-order valence-electron chi connectivity index (χ1n) is 4.79. The zero-order valence-corrected chi connectivity index (χ0v) is 9.36. The fourth-order valence-corrected chi connectivity index (χ4v) is 1.12. The predicted octanol–water partition coefficient (Wildman–Crippen LogP) is 0.712. The van der Waals surface area contributed by atoms with Gasteiger partial charge in [-0.15, -0.1) is 0 Å². The van der Waals surface area contributed by atoms with Gasteiger partial charge in [0.05, 0.1) is 7.11 Å². The van der Waals surface area contributed by atoms with Gasteiger partial charge in [0, 0.05) is 25.2 Å². The molecule has 0 rings (SSSR count). The minimum absolute atomic E-state index is 0.323. The average Bonchev–Trinajstić information content (AvgIpc) is 2.15. The van der Waals surface area contributed by atoms with Crippen molar-refractivity contribution in [2.75, 3.05) is 7.11 Å². The van der Waals surface area contributed by atoms with Gasteiger partial charge < -0.3 is 10.5 Å². The molecule has 2 N–H and O–H groups in total. The van der Waals surface area contributed by atoms with E-state index >= 15 is 0 Å². The van der Waals surface area contributed by atoms with Crippen LogP contribution in [0.4, 0.5) is 0 Å². The number of esters is 1. The van der Waals surface area contributed by atoms with Crippen molar-refractivity contribution in [3.8, 4) is 0 Å². The fourth-order valence-electron chi connectivity index (χ4n) is 1.12. The average molecular weight is 218 g/mol. The Morgan fingerprint density at radius 3 is 2.53 bits per heavy atom. The van der Waals surface area contributed by atoms with Crippen LogP contribution in [-0.2, 0) is 9.53 Å². The molecule has 6 nitrogen and oxygen atoms in total. The number of nitrogens with zero attached hydrogens (tertiary/aromatic N) is 1. The summed E-state index contributed by atoms with van der Waals surface area (Å²) in [5.74, 6) is -0.478. The lowest BCUT2D eigenvalue weighted by Crippen LogP contribution is -2.34. The zero-order valence-electron chi connectivity index (χ0n) is 9.36. The lowest BCUT2D eigenvalue weighted by molar-refractivity contribution is -0.561. The Morgan fingerprint density at radius 2 is 2.13 bits per heavy atom. The molecule has 0 aromatic carbocycles. The highest BCUT2D eigenvalue weighted by Gasteiger charge is 2.30. The number of methoxy groups -OCH3 is 1. The molecule has 0 saturated heterocycles. The van der Waals surface area contributed by atoms with Gasteiger partial charge in [0.15, 0.2) is 0 Å². The number of rotatable bonds is 6. The van der Waals surface area contributed by atoms with E-state index in [1.807, 2.05) is 0 Å². The highest BCUT2D eigenvalue weighted by Crippen LogP contribution is 2.17. The third kappa shape index (κ3) is 4.73. The topological polar surface area (TPSA) is 95.5 Å². The molecule has 0 spiro atoms. The SMILES string of the molecule is COC(=O)C(N)CCCC(C)(C)[N+](=O)[O-]. The van der Waals surface area contributed by atoms with E-state index in [-0.39, 0.29) is 4.92 Å². The molecule has 15 heavy (non-hydrogen) atoms. The molecule has 0 fully saturated rings. The summed E-state index contributed by atoms with van der Waals surface area (Å²) in [6.07, 6.45) is 1.33. The number of carbonyl (C=O) groups excluding carboxylic acids is 1. The van der Waals surface area contributed by atoms with Crippen LogP contribution in [0.3, 0.4) is 0 Å². The Morgan fingerprint density at radius 1 is 1.60 bits per heavy atom. The van der Waals surface area contributed by atoms with E-state index in [9.17, 15) is 14.9 Å². The smallest absolute Gasteiger partial charge is 0.322 e. The minimum Gasteiger partial charge on any atom is -0.468 e. The molecule has 0 aliphatic carbocycles. The minimum atomic E-state index is -0.962. The van der Waals surface area contributed by atoms with Gasteiger partial charge >= 0.3 is 5.97 Å². The molecule has 0 aromatic heterocycles. The monoisotopic (exact) mass is 218 g/mol. The maximum absolute atomic E-state index is 10.9. The molecule has 0 amide bonds. The van der Waals surface area contributed by atoms with Crippen molar-refractivity contribution < 1.29 is 14.5 Å². The molecule has 0 saturated carbocycles. The largest absolute Gasteiger partial charge is 0.468 e. The van der Waals surface area contributed by atoms with Gasteiger partial charge in [-0.1, -0.05) is 0 Å². The number of carbonyl (C=O) groups is 1. The van der Waals surface area contributed by atoms with Crippen molar-refractivity contribution in [2.45, 2.75) is 44.7 Å². The van der Waals surface area contributed by atoms with Crippen molar-refractivity contribution in [1.29, 1.82) is 0 Å². The summed E-state index contributed by atoms with van der Waals surface area (Å²) >= 11 is 0. The quantitative estimate of drug-likeness (QED) is 0.402. The maximum Gasteiger partial charge on any atom is 0.322 e. The standard InChI is InChI=1S/C9H18N2O4/c1-9(2,11(13)14)6-4-5-7(10)8(12)15-3/h7H,4-6,10H2,1-3H3. The Kier molecular flexibility index (Phi) is 5.21. The van der Waals surface area contributed by atoms with E-state index in [1.165, 1.54) is 7.11 Å². The van der Waals surface area contributed by atoms with Gasteiger partial charge in [-0.25, -0.2) is 0 Å². The van der Waals surface area contributed by atoms with Crippen LogP contribution in [0.1, 0.15) is 33.1 Å². The summed E-state index contributed by atoms with van der Waals surface area (Å²) in [6.45, 7) is 3.10. The van der Waals surface area contributed by atoms with Crippen LogP contribution in [0, 0.1) is 10.1 Å². The van der Waals surface area contributed by atoms with Crippen molar-refractivity contribution in [2.24, 2.45) is 5.73 Å². The van der Waals surface area contributed by atoms with Gasteiger partial charge in [-0.2, -0.15) is 0 Å². The number of hydrogen-bond acceptors (Lipinski definition) is 5. The summed E-state index contributed by atoms with van der Waals surface area (Å²) in [7, 11) is 1.27. The van der Waals surface area contributed by atoms with Crippen LogP contribution >= 0.6 is 0 Å². The second-order valence-electron chi connectivity index (χ2n) is 4.09. The first-order valence-corrected chi connectivity index (χ1v) is 4.79. The van der Waals surface area contributed by atoms with Crippen molar-refractivity contribution in [1.82, 2.24) is 0 Å². The summed E-state index contributed by atoms with van der Waals surface area (Å²) in [4.78, 5) is 21.2. The van der Waals surface area contributed by atoms with E-state index in [2.05, 4.69) is 4.74 Å². The lowest BCUT2D eigenvalue weighted by Gasteiger charge is -2.16. The van der Waals surface area contributed by atoms with Crippen LogP contribution in [0.25, 0.3) is 0 Å².